The van der Waals surface area contributed by atoms with Crippen LogP contribution >= 0.6 is 11.6 Å². The Balaban J connectivity index is 3.03. The Bertz CT molecular complexity index is 375. The quantitative estimate of drug-likeness (QED) is 0.639. The molecule has 14 heavy (non-hydrogen) atoms. The van der Waals surface area contributed by atoms with Crippen molar-refractivity contribution >= 4 is 11.6 Å². The average molecular weight is 214 g/mol. The van der Waals surface area contributed by atoms with Crippen LogP contribution < -0.4 is 0 Å². The monoisotopic (exact) mass is 213 g/mol. The van der Waals surface area contributed by atoms with Crippen molar-refractivity contribution in [1.82, 2.24) is 0 Å². The first-order valence-corrected chi connectivity index (χ1v) is 4.18. The summed E-state index contributed by atoms with van der Waals surface area (Å²) in [5, 5.41) is 35.9. The summed E-state index contributed by atoms with van der Waals surface area (Å²) < 4.78 is 0. The Labute approximate surface area is 85.6 Å². The van der Waals surface area contributed by atoms with Crippen LogP contribution in [0.5, 0.6) is 5.75 Å². The Morgan fingerprint density at radius 3 is 2.50 bits per heavy atom. The van der Waals surface area contributed by atoms with E-state index in [-0.39, 0.29) is 16.3 Å². The summed E-state index contributed by atoms with van der Waals surface area (Å²) in [5.41, 5.74) is 0.207. The number of phenols is 1. The smallest absolute Gasteiger partial charge is 0.170 e. The maximum absolute atomic E-state index is 9.42. The first-order chi connectivity index (χ1) is 6.56. The summed E-state index contributed by atoms with van der Waals surface area (Å²) in [6, 6.07) is 5.38. The van der Waals surface area contributed by atoms with Gasteiger partial charge in [-0.05, 0) is 12.1 Å². The molecule has 4 nitrogen and oxygen atoms in total. The van der Waals surface area contributed by atoms with Crippen molar-refractivity contribution < 1.29 is 15.3 Å². The van der Waals surface area contributed by atoms with E-state index >= 15 is 0 Å². The van der Waals surface area contributed by atoms with E-state index in [9.17, 15) is 5.11 Å². The van der Waals surface area contributed by atoms with Crippen molar-refractivity contribution in [2.45, 2.75) is 12.2 Å². The van der Waals surface area contributed by atoms with Gasteiger partial charge in [0.15, 0.2) is 6.10 Å². The summed E-state index contributed by atoms with van der Waals surface area (Å²) in [6.45, 7) is 0. The lowest BCUT2D eigenvalue weighted by Crippen LogP contribution is -2.15. The summed E-state index contributed by atoms with van der Waals surface area (Å²) in [6.07, 6.45) is -2.90. The van der Waals surface area contributed by atoms with Crippen molar-refractivity contribution in [3.8, 4) is 11.8 Å². The highest BCUT2D eigenvalue weighted by molar-refractivity contribution is 6.31. The molecule has 74 valence electrons. The van der Waals surface area contributed by atoms with Gasteiger partial charge >= 0.3 is 0 Å². The van der Waals surface area contributed by atoms with Crippen molar-refractivity contribution in [1.29, 1.82) is 5.26 Å². The zero-order valence-electron chi connectivity index (χ0n) is 7.05. The third-order valence-corrected chi connectivity index (χ3v) is 2.06. The summed E-state index contributed by atoms with van der Waals surface area (Å²) in [4.78, 5) is 0. The number of rotatable bonds is 2. The molecule has 5 heteroatoms. The molecule has 0 amide bonds. The minimum atomic E-state index is -1.53. The molecule has 1 aromatic rings. The molecule has 0 aliphatic carbocycles. The van der Waals surface area contributed by atoms with E-state index in [1.54, 1.807) is 0 Å². The molecule has 0 spiro atoms. The first kappa shape index (κ1) is 10.8. The molecule has 0 saturated carbocycles. The Morgan fingerprint density at radius 1 is 1.36 bits per heavy atom. The second-order valence-corrected chi connectivity index (χ2v) is 3.13. The molecule has 3 N–H and O–H groups in total. The highest BCUT2D eigenvalue weighted by Crippen LogP contribution is 2.28. The maximum Gasteiger partial charge on any atom is 0.170 e. The summed E-state index contributed by atoms with van der Waals surface area (Å²) in [7, 11) is 0. The Kier molecular flexibility index (Phi) is 3.31. The average Bonchev–Trinajstić information content (AvgIpc) is 2.15. The van der Waals surface area contributed by atoms with E-state index in [2.05, 4.69) is 0 Å². The van der Waals surface area contributed by atoms with E-state index in [4.69, 9.17) is 27.1 Å². The van der Waals surface area contributed by atoms with Crippen LogP contribution in [0.25, 0.3) is 0 Å². The SMILES string of the molecule is N#CC(O)C(O)c1ccc(O)cc1Cl. The van der Waals surface area contributed by atoms with Gasteiger partial charge in [-0.25, -0.2) is 0 Å². The van der Waals surface area contributed by atoms with Gasteiger partial charge in [-0.3, -0.25) is 0 Å². The molecule has 2 atom stereocenters. The van der Waals surface area contributed by atoms with Crippen LogP contribution in [0, 0.1) is 11.3 Å². The predicted octanol–water partition coefficient (Wildman–Crippen LogP) is 0.963. The second kappa shape index (κ2) is 4.29. The first-order valence-electron chi connectivity index (χ1n) is 3.80. The normalized spacial score (nSPS) is 14.4. The standard InChI is InChI=1S/C9H8ClNO3/c10-7-3-5(12)1-2-6(7)9(14)8(13)4-11/h1-3,8-9,12-14H. The van der Waals surface area contributed by atoms with Crippen molar-refractivity contribution in [3.63, 3.8) is 0 Å². The number of benzene rings is 1. The van der Waals surface area contributed by atoms with Crippen LogP contribution in [0.15, 0.2) is 18.2 Å². The van der Waals surface area contributed by atoms with Crippen molar-refractivity contribution in [2.75, 3.05) is 0 Å². The fraction of sp³-hybridized carbons (Fsp3) is 0.222. The molecule has 0 aromatic heterocycles. The zero-order chi connectivity index (χ0) is 10.7. The minimum Gasteiger partial charge on any atom is -0.508 e. The Morgan fingerprint density at radius 2 is 2.00 bits per heavy atom. The molecule has 1 rings (SSSR count). The number of aliphatic hydroxyl groups excluding tert-OH is 2. The zero-order valence-corrected chi connectivity index (χ0v) is 7.81. The third-order valence-electron chi connectivity index (χ3n) is 1.73. The van der Waals surface area contributed by atoms with Gasteiger partial charge in [0.25, 0.3) is 0 Å². The molecule has 0 aliphatic rings. The number of nitriles is 1. The third kappa shape index (κ3) is 2.15. The van der Waals surface area contributed by atoms with Crippen LogP contribution in [-0.2, 0) is 0 Å². The van der Waals surface area contributed by atoms with Gasteiger partial charge in [0.1, 0.15) is 11.9 Å². The van der Waals surface area contributed by atoms with Gasteiger partial charge in [-0.2, -0.15) is 5.26 Å². The molecular formula is C9H8ClNO3. The number of aromatic hydroxyl groups is 1. The van der Waals surface area contributed by atoms with Gasteiger partial charge in [-0.1, -0.05) is 17.7 Å². The molecular weight excluding hydrogens is 206 g/mol. The van der Waals surface area contributed by atoms with Crippen LogP contribution in [0.2, 0.25) is 5.02 Å². The number of aliphatic hydroxyl groups is 2. The number of phenolic OH excluding ortho intramolecular Hbond substituents is 1. The largest absolute Gasteiger partial charge is 0.508 e. The molecule has 0 fully saturated rings. The summed E-state index contributed by atoms with van der Waals surface area (Å²) >= 11 is 5.68. The van der Waals surface area contributed by atoms with Gasteiger partial charge in [0, 0.05) is 5.56 Å². The van der Waals surface area contributed by atoms with Gasteiger partial charge in [-0.15, -0.1) is 0 Å². The molecule has 0 saturated heterocycles. The fourth-order valence-electron chi connectivity index (χ4n) is 0.997. The lowest BCUT2D eigenvalue weighted by Gasteiger charge is -2.13. The van der Waals surface area contributed by atoms with E-state index in [0.717, 1.165) is 0 Å². The maximum atomic E-state index is 9.42. The second-order valence-electron chi connectivity index (χ2n) is 2.72. The van der Waals surface area contributed by atoms with Crippen LogP contribution in [0.3, 0.4) is 0 Å². The van der Waals surface area contributed by atoms with Crippen molar-refractivity contribution in [3.05, 3.63) is 28.8 Å². The number of hydrogen-bond acceptors (Lipinski definition) is 4. The van der Waals surface area contributed by atoms with Crippen LogP contribution in [-0.4, -0.2) is 21.4 Å². The minimum absolute atomic E-state index is 0.0441. The highest BCUT2D eigenvalue weighted by atomic mass is 35.5. The van der Waals surface area contributed by atoms with Crippen LogP contribution in [0.1, 0.15) is 11.7 Å². The number of hydrogen-bond donors (Lipinski definition) is 3. The van der Waals surface area contributed by atoms with Crippen molar-refractivity contribution in [2.24, 2.45) is 0 Å². The van der Waals surface area contributed by atoms with E-state index < -0.39 is 12.2 Å². The molecule has 0 bridgehead atoms. The van der Waals surface area contributed by atoms with E-state index in [1.165, 1.54) is 24.3 Å². The number of nitrogens with zero attached hydrogens (tertiary/aromatic N) is 1. The van der Waals surface area contributed by atoms with Gasteiger partial charge in [0.2, 0.25) is 0 Å². The molecule has 0 aliphatic heterocycles. The van der Waals surface area contributed by atoms with E-state index in [0.29, 0.717) is 0 Å². The topological polar surface area (TPSA) is 84.5 Å². The lowest BCUT2D eigenvalue weighted by molar-refractivity contribution is 0.0528. The van der Waals surface area contributed by atoms with Crippen LogP contribution in [0.4, 0.5) is 0 Å². The van der Waals surface area contributed by atoms with Gasteiger partial charge < -0.3 is 15.3 Å². The Hall–Kier alpha value is -1.28. The summed E-state index contributed by atoms with van der Waals surface area (Å²) in [5.74, 6) is -0.0441. The molecule has 2 unspecified atom stereocenters. The van der Waals surface area contributed by atoms with Gasteiger partial charge in [0.05, 0.1) is 11.1 Å². The number of halogens is 1. The predicted molar refractivity (Wildman–Crippen MR) is 49.7 cm³/mol. The molecule has 0 radical (unpaired) electrons. The molecule has 0 heterocycles. The van der Waals surface area contributed by atoms with E-state index in [1.807, 2.05) is 0 Å². The highest BCUT2D eigenvalue weighted by Gasteiger charge is 2.20. The fourth-order valence-corrected chi connectivity index (χ4v) is 1.28. The lowest BCUT2D eigenvalue weighted by atomic mass is 10.1. The molecule has 1 aromatic carbocycles.